The van der Waals surface area contributed by atoms with E-state index < -0.39 is 0 Å². The lowest BCUT2D eigenvalue weighted by Crippen LogP contribution is -1.94. The van der Waals surface area contributed by atoms with Crippen LogP contribution in [0.5, 0.6) is 0 Å². The third-order valence-electron chi connectivity index (χ3n) is 1.28. The third kappa shape index (κ3) is 2.38. The number of Topliss-reactive ketones (excluding diaryl/α,β-unsaturated/α-hetero) is 1. The van der Waals surface area contributed by atoms with Gasteiger partial charge in [0.2, 0.25) is 0 Å². The summed E-state index contributed by atoms with van der Waals surface area (Å²) >= 11 is 4.80. The van der Waals surface area contributed by atoms with Gasteiger partial charge in [0.25, 0.3) is 0 Å². The van der Waals surface area contributed by atoms with Crippen molar-refractivity contribution in [2.24, 2.45) is 0 Å². The summed E-state index contributed by atoms with van der Waals surface area (Å²) in [6.07, 6.45) is 0.509. The molecule has 0 unspecified atom stereocenters. The zero-order chi connectivity index (χ0) is 8.43. The molecule has 0 bridgehead atoms. The maximum atomic E-state index is 10.7. The fourth-order valence-electron chi connectivity index (χ4n) is 0.783. The molecule has 0 atom stereocenters. The molecule has 0 saturated carbocycles. The SMILES string of the molecule is CC(=O)Cc1sc(Br)nc1C. The van der Waals surface area contributed by atoms with Gasteiger partial charge in [-0.3, -0.25) is 4.79 Å². The molecule has 1 aromatic rings. The largest absolute Gasteiger partial charge is 0.300 e. The maximum absolute atomic E-state index is 10.7. The minimum absolute atomic E-state index is 0.184. The molecule has 11 heavy (non-hydrogen) atoms. The number of rotatable bonds is 2. The van der Waals surface area contributed by atoms with Crippen LogP contribution >= 0.6 is 27.3 Å². The van der Waals surface area contributed by atoms with Crippen LogP contribution < -0.4 is 0 Å². The van der Waals surface area contributed by atoms with Gasteiger partial charge in [-0.25, -0.2) is 4.98 Å². The van der Waals surface area contributed by atoms with E-state index in [-0.39, 0.29) is 5.78 Å². The summed E-state index contributed by atoms with van der Waals surface area (Å²) in [7, 11) is 0. The van der Waals surface area contributed by atoms with Crippen LogP contribution in [0.1, 0.15) is 17.5 Å². The number of halogens is 1. The first-order valence-corrected chi connectivity index (χ1v) is 4.82. The van der Waals surface area contributed by atoms with Crippen molar-refractivity contribution >= 4 is 33.0 Å². The van der Waals surface area contributed by atoms with Crippen LogP contribution in [-0.2, 0) is 11.2 Å². The highest BCUT2D eigenvalue weighted by molar-refractivity contribution is 9.11. The van der Waals surface area contributed by atoms with Gasteiger partial charge in [0, 0.05) is 11.3 Å². The highest BCUT2D eigenvalue weighted by Gasteiger charge is 2.06. The second-order valence-corrected chi connectivity index (χ2v) is 4.71. The Kier molecular flexibility index (Phi) is 2.78. The van der Waals surface area contributed by atoms with E-state index in [9.17, 15) is 4.79 Å². The van der Waals surface area contributed by atoms with Gasteiger partial charge < -0.3 is 0 Å². The number of nitrogens with zero attached hydrogens (tertiary/aromatic N) is 1. The van der Waals surface area contributed by atoms with Gasteiger partial charge in [-0.2, -0.15) is 0 Å². The summed E-state index contributed by atoms with van der Waals surface area (Å²) in [6, 6.07) is 0. The second-order valence-electron chi connectivity index (χ2n) is 2.35. The Balaban J connectivity index is 2.85. The molecular formula is C7H8BrNOS. The number of carbonyl (C=O) groups excluding carboxylic acids is 1. The van der Waals surface area contributed by atoms with E-state index in [1.54, 1.807) is 6.92 Å². The fraction of sp³-hybridized carbons (Fsp3) is 0.429. The van der Waals surface area contributed by atoms with Crippen molar-refractivity contribution in [2.75, 3.05) is 0 Å². The predicted octanol–water partition coefficient (Wildman–Crippen LogP) is 2.35. The molecule has 0 aliphatic carbocycles. The Morgan fingerprint density at radius 2 is 2.36 bits per heavy atom. The average molecular weight is 234 g/mol. The molecule has 2 nitrogen and oxygen atoms in total. The third-order valence-corrected chi connectivity index (χ3v) is 2.88. The molecule has 1 heterocycles. The number of carbonyl (C=O) groups is 1. The minimum Gasteiger partial charge on any atom is -0.300 e. The molecule has 0 radical (unpaired) electrons. The van der Waals surface area contributed by atoms with Crippen molar-refractivity contribution < 1.29 is 4.79 Å². The van der Waals surface area contributed by atoms with E-state index in [2.05, 4.69) is 20.9 Å². The van der Waals surface area contributed by atoms with Crippen LogP contribution in [0, 0.1) is 6.92 Å². The monoisotopic (exact) mass is 233 g/mol. The minimum atomic E-state index is 0.184. The van der Waals surface area contributed by atoms with E-state index in [0.717, 1.165) is 14.5 Å². The van der Waals surface area contributed by atoms with Gasteiger partial charge in [-0.05, 0) is 29.8 Å². The maximum Gasteiger partial charge on any atom is 0.159 e. The van der Waals surface area contributed by atoms with Crippen LogP contribution in [0.15, 0.2) is 3.92 Å². The van der Waals surface area contributed by atoms with Gasteiger partial charge >= 0.3 is 0 Å². The summed E-state index contributed by atoms with van der Waals surface area (Å²) < 4.78 is 0.853. The van der Waals surface area contributed by atoms with E-state index in [4.69, 9.17) is 0 Å². The topological polar surface area (TPSA) is 30.0 Å². The molecule has 0 aliphatic rings. The first-order chi connectivity index (χ1) is 5.09. The lowest BCUT2D eigenvalue weighted by atomic mass is 10.2. The van der Waals surface area contributed by atoms with Gasteiger partial charge in [-0.15, -0.1) is 11.3 Å². The Morgan fingerprint density at radius 3 is 2.73 bits per heavy atom. The standard InChI is InChI=1S/C7H8BrNOS/c1-4(10)3-6-5(2)9-7(8)11-6/h3H2,1-2H3. The Bertz CT molecular complexity index is 282. The summed E-state index contributed by atoms with van der Waals surface area (Å²) in [5, 5.41) is 0. The Labute approximate surface area is 77.8 Å². The van der Waals surface area contributed by atoms with Crippen LogP contribution in [0.4, 0.5) is 0 Å². The lowest BCUT2D eigenvalue weighted by molar-refractivity contribution is -0.116. The van der Waals surface area contributed by atoms with Crippen LogP contribution in [0.25, 0.3) is 0 Å². The molecule has 1 rings (SSSR count). The van der Waals surface area contributed by atoms with E-state index in [0.29, 0.717) is 6.42 Å². The van der Waals surface area contributed by atoms with Crippen molar-refractivity contribution in [3.05, 3.63) is 14.5 Å². The van der Waals surface area contributed by atoms with Crippen molar-refractivity contribution in [2.45, 2.75) is 20.3 Å². The van der Waals surface area contributed by atoms with E-state index in [1.807, 2.05) is 6.92 Å². The Hall–Kier alpha value is -0.220. The molecule has 0 aliphatic heterocycles. The number of aryl methyl sites for hydroxylation is 1. The normalized spacial score (nSPS) is 10.1. The smallest absolute Gasteiger partial charge is 0.159 e. The quantitative estimate of drug-likeness (QED) is 0.786. The fourth-order valence-corrected chi connectivity index (χ4v) is 2.49. The molecule has 0 saturated heterocycles. The zero-order valence-corrected chi connectivity index (χ0v) is 8.75. The van der Waals surface area contributed by atoms with Crippen molar-refractivity contribution in [3.63, 3.8) is 0 Å². The van der Waals surface area contributed by atoms with Crippen molar-refractivity contribution in [1.82, 2.24) is 4.98 Å². The number of thiazole rings is 1. The van der Waals surface area contributed by atoms with Gasteiger partial charge in [-0.1, -0.05) is 0 Å². The van der Waals surface area contributed by atoms with Crippen LogP contribution in [0.2, 0.25) is 0 Å². The number of aromatic nitrogens is 1. The van der Waals surface area contributed by atoms with Crippen LogP contribution in [-0.4, -0.2) is 10.8 Å². The summed E-state index contributed by atoms with van der Waals surface area (Å²) in [5.41, 5.74) is 0.956. The summed E-state index contributed by atoms with van der Waals surface area (Å²) in [4.78, 5) is 15.9. The molecule has 60 valence electrons. The lowest BCUT2D eigenvalue weighted by Gasteiger charge is -1.90. The first-order valence-electron chi connectivity index (χ1n) is 3.21. The molecule has 1 aromatic heterocycles. The molecule has 0 amide bonds. The highest BCUT2D eigenvalue weighted by Crippen LogP contribution is 2.22. The molecule has 0 fully saturated rings. The second kappa shape index (κ2) is 3.45. The Morgan fingerprint density at radius 1 is 1.73 bits per heavy atom. The first kappa shape index (κ1) is 8.87. The van der Waals surface area contributed by atoms with E-state index >= 15 is 0 Å². The molecule has 0 aromatic carbocycles. The summed E-state index contributed by atoms with van der Waals surface area (Å²) in [6.45, 7) is 3.51. The number of ketones is 1. The highest BCUT2D eigenvalue weighted by atomic mass is 79.9. The van der Waals surface area contributed by atoms with Gasteiger partial charge in [0.15, 0.2) is 3.92 Å². The van der Waals surface area contributed by atoms with E-state index in [1.165, 1.54) is 11.3 Å². The van der Waals surface area contributed by atoms with Crippen LogP contribution in [0.3, 0.4) is 0 Å². The molecule has 0 N–H and O–H groups in total. The molecular weight excluding hydrogens is 226 g/mol. The zero-order valence-electron chi connectivity index (χ0n) is 6.35. The number of hydrogen-bond acceptors (Lipinski definition) is 3. The predicted molar refractivity (Wildman–Crippen MR) is 48.9 cm³/mol. The van der Waals surface area contributed by atoms with Crippen molar-refractivity contribution in [1.29, 1.82) is 0 Å². The van der Waals surface area contributed by atoms with Crippen molar-refractivity contribution in [3.8, 4) is 0 Å². The number of hydrogen-bond donors (Lipinski definition) is 0. The average Bonchev–Trinajstić information content (AvgIpc) is 2.09. The molecule has 0 spiro atoms. The van der Waals surface area contributed by atoms with Gasteiger partial charge in [0.05, 0.1) is 5.69 Å². The molecule has 4 heteroatoms. The van der Waals surface area contributed by atoms with Gasteiger partial charge in [0.1, 0.15) is 5.78 Å². The summed E-state index contributed by atoms with van der Waals surface area (Å²) in [5.74, 6) is 0.184.